The molecule has 0 fully saturated rings. The van der Waals surface area contributed by atoms with Gasteiger partial charge in [0.1, 0.15) is 0 Å². The number of hydrogen-bond acceptors (Lipinski definition) is 0. The van der Waals surface area contributed by atoms with Crippen LogP contribution < -0.4 is 0 Å². The normalized spacial score (nSPS) is 14.3. The second-order valence-electron chi connectivity index (χ2n) is 1.93. The van der Waals surface area contributed by atoms with Gasteiger partial charge in [-0.3, -0.25) is 0 Å². The van der Waals surface area contributed by atoms with Crippen LogP contribution in [0.4, 0.5) is 30.7 Å². The molecule has 0 spiro atoms. The Hall–Kier alpha value is 0.735. The second kappa shape index (κ2) is 3.47. The molecule has 0 aliphatic carbocycles. The molecule has 0 aromatic rings. The second-order valence-corrected chi connectivity index (χ2v) is 9.10. The Balaban J connectivity index is 4.95. The van der Waals surface area contributed by atoms with E-state index >= 15 is 0 Å². The third kappa shape index (κ3) is 2.15. The average Bonchev–Trinajstić information content (AvgIpc) is 1.81. The zero-order valence-electron chi connectivity index (χ0n) is 5.23. The van der Waals surface area contributed by atoms with Gasteiger partial charge in [0, 0.05) is 0 Å². The SMILES string of the molecule is FC(F)(F)[C](F)([Hg][Cl])C(F)(F)F. The van der Waals surface area contributed by atoms with E-state index in [2.05, 4.69) is 8.25 Å². The van der Waals surface area contributed by atoms with Crippen molar-refractivity contribution in [3.63, 3.8) is 0 Å². The quantitative estimate of drug-likeness (QED) is 0.465. The summed E-state index contributed by atoms with van der Waals surface area (Å²) in [6.45, 7) is 0. The standard InChI is InChI=1S/C3F7.ClH.Hg/c4-1(2(5,6)7)3(8,9)10;;/h;1H;/q;;+1/p-1. The van der Waals surface area contributed by atoms with E-state index in [0.717, 1.165) is 0 Å². The molecule has 0 heterocycles. The van der Waals surface area contributed by atoms with E-state index in [1.807, 2.05) is 0 Å². The van der Waals surface area contributed by atoms with Crippen LogP contribution in [0.3, 0.4) is 0 Å². The molecule has 0 bridgehead atoms. The van der Waals surface area contributed by atoms with E-state index in [0.29, 0.717) is 0 Å². The van der Waals surface area contributed by atoms with E-state index in [1.54, 1.807) is 0 Å². The Bertz CT molecular complexity index is 145. The van der Waals surface area contributed by atoms with E-state index in [1.165, 1.54) is 0 Å². The summed E-state index contributed by atoms with van der Waals surface area (Å²) in [5.74, 6) is 0. The minimum atomic E-state index is -5.94. The first kappa shape index (κ1) is 12.7. The van der Waals surface area contributed by atoms with Crippen LogP contribution in [0.25, 0.3) is 0 Å². The molecule has 0 aromatic heterocycles. The predicted octanol–water partition coefficient (Wildman–Crippen LogP) is 3.01. The van der Waals surface area contributed by atoms with E-state index in [-0.39, 0.29) is 0 Å². The number of halogens is 8. The van der Waals surface area contributed by atoms with Crippen molar-refractivity contribution < 1.29 is 54.1 Å². The molecule has 0 aliphatic rings. The Morgan fingerprint density at radius 3 is 1.00 bits per heavy atom. The number of rotatable bonds is 1. The van der Waals surface area contributed by atoms with Crippen LogP contribution in [0.2, 0.25) is 0 Å². The van der Waals surface area contributed by atoms with Crippen LogP contribution in [-0.2, 0) is 23.3 Å². The molecule has 70 valence electrons. The molecule has 0 saturated heterocycles. The van der Waals surface area contributed by atoms with Crippen molar-refractivity contribution in [1.29, 1.82) is 0 Å². The van der Waals surface area contributed by atoms with E-state index in [9.17, 15) is 30.7 Å². The number of alkyl halides is 7. The summed E-state index contributed by atoms with van der Waals surface area (Å²) >= 11 is -4.16. The first-order valence-electron chi connectivity index (χ1n) is 2.44. The topological polar surface area (TPSA) is 0 Å². The van der Waals surface area contributed by atoms with Crippen LogP contribution >= 0.6 is 8.25 Å². The molecule has 0 unspecified atom stereocenters. The van der Waals surface area contributed by atoms with Crippen molar-refractivity contribution in [1.82, 2.24) is 0 Å². The average molecular weight is 405 g/mol. The molecule has 12 heavy (non-hydrogen) atoms. The van der Waals surface area contributed by atoms with E-state index < -0.39 is 38.9 Å². The molecular weight excluding hydrogens is 405 g/mol. The van der Waals surface area contributed by atoms with Crippen molar-refractivity contribution in [3.8, 4) is 0 Å². The molecule has 0 saturated carbocycles. The molecule has 0 rings (SSSR count). The molecule has 0 nitrogen and oxygen atoms in total. The van der Waals surface area contributed by atoms with Gasteiger partial charge in [-0.1, -0.05) is 0 Å². The Kier molecular flexibility index (Phi) is 3.69. The maximum atomic E-state index is 12.3. The fraction of sp³-hybridized carbons (Fsp3) is 1.00. The van der Waals surface area contributed by atoms with Crippen LogP contribution in [0.5, 0.6) is 0 Å². The fourth-order valence-corrected chi connectivity index (χ4v) is 4.15. The summed E-state index contributed by atoms with van der Waals surface area (Å²) in [4.78, 5) is 0. The summed E-state index contributed by atoms with van der Waals surface area (Å²) in [5.41, 5.74) is 0. The third-order valence-corrected chi connectivity index (χ3v) is 8.86. The summed E-state index contributed by atoms with van der Waals surface area (Å²) in [7, 11) is 4.49. The number of hydrogen-bond donors (Lipinski definition) is 0. The van der Waals surface area contributed by atoms with Crippen LogP contribution in [0, 0.1) is 0 Å². The van der Waals surface area contributed by atoms with Gasteiger partial charge in [-0.25, -0.2) is 0 Å². The summed E-state index contributed by atoms with van der Waals surface area (Å²) in [6.07, 6.45) is -11.9. The van der Waals surface area contributed by atoms with Crippen LogP contribution in [0.15, 0.2) is 0 Å². The molecule has 0 amide bonds. The monoisotopic (exact) mass is 406 g/mol. The predicted molar refractivity (Wildman–Crippen MR) is 21.8 cm³/mol. The van der Waals surface area contributed by atoms with E-state index in [4.69, 9.17) is 0 Å². The molecular formula is C3ClF7Hg. The van der Waals surface area contributed by atoms with Gasteiger partial charge in [0.05, 0.1) is 0 Å². The van der Waals surface area contributed by atoms with Crippen molar-refractivity contribution >= 4 is 8.25 Å². The maximum absolute atomic E-state index is 12.3. The van der Waals surface area contributed by atoms with Crippen molar-refractivity contribution in [3.05, 3.63) is 0 Å². The summed E-state index contributed by atoms with van der Waals surface area (Å²) in [5, 5.41) is 0. The first-order chi connectivity index (χ1) is 5.06. The van der Waals surface area contributed by atoms with Crippen molar-refractivity contribution in [2.45, 2.75) is 15.5 Å². The van der Waals surface area contributed by atoms with Gasteiger partial charge in [0.15, 0.2) is 0 Å². The zero-order chi connectivity index (χ0) is 10.2. The summed E-state index contributed by atoms with van der Waals surface area (Å²) in [6, 6.07) is 0. The first-order valence-corrected chi connectivity index (χ1v) is 12.0. The molecule has 0 aliphatic heterocycles. The van der Waals surface area contributed by atoms with Crippen LogP contribution in [-0.4, -0.2) is 15.5 Å². The fourth-order valence-electron chi connectivity index (χ4n) is 0.312. The van der Waals surface area contributed by atoms with Gasteiger partial charge < -0.3 is 0 Å². The Morgan fingerprint density at radius 1 is 0.750 bits per heavy atom. The molecule has 0 aromatic carbocycles. The third-order valence-electron chi connectivity index (χ3n) is 1.08. The molecule has 9 heteroatoms. The van der Waals surface area contributed by atoms with Gasteiger partial charge in [0.25, 0.3) is 0 Å². The zero-order valence-corrected chi connectivity index (χ0v) is 11.5. The van der Waals surface area contributed by atoms with Gasteiger partial charge in [-0.2, -0.15) is 0 Å². The Morgan fingerprint density at radius 2 is 1.00 bits per heavy atom. The van der Waals surface area contributed by atoms with Gasteiger partial charge in [-0.05, 0) is 0 Å². The van der Waals surface area contributed by atoms with Crippen molar-refractivity contribution in [2.75, 3.05) is 0 Å². The minimum absolute atomic E-state index is 4.16. The molecule has 0 radical (unpaired) electrons. The summed E-state index contributed by atoms with van der Waals surface area (Å²) < 4.78 is 76.0. The van der Waals surface area contributed by atoms with Crippen LogP contribution in [0.1, 0.15) is 0 Å². The van der Waals surface area contributed by atoms with Gasteiger partial charge >= 0.3 is 77.9 Å². The molecule has 0 N–H and O–H groups in total. The molecule has 0 atom stereocenters. The van der Waals surface area contributed by atoms with Gasteiger partial charge in [0.2, 0.25) is 0 Å². The van der Waals surface area contributed by atoms with Crippen molar-refractivity contribution in [2.24, 2.45) is 0 Å². The van der Waals surface area contributed by atoms with Gasteiger partial charge in [-0.15, -0.1) is 0 Å². The Labute approximate surface area is 77.9 Å².